The molecule has 4 nitrogen and oxygen atoms in total. The maximum atomic E-state index is 12.8. The SMILES string of the molecule is Cc1cccc(NC2CCN(C(=O)Cc3ccc(CN4CCC[C@@H](C)C4)cc3)CC2)c1. The predicted molar refractivity (Wildman–Crippen MR) is 128 cm³/mol. The van der Waals surface area contributed by atoms with Crippen LogP contribution < -0.4 is 5.32 Å². The fraction of sp³-hybridized carbons (Fsp3) is 0.519. The second kappa shape index (κ2) is 10.3. The Morgan fingerprint density at radius 1 is 1.00 bits per heavy atom. The second-order valence-electron chi connectivity index (χ2n) is 9.64. The molecule has 2 aromatic rings. The number of nitrogens with zero attached hydrogens (tertiary/aromatic N) is 2. The molecule has 0 spiro atoms. The molecule has 0 aromatic heterocycles. The number of carbonyl (C=O) groups excluding carboxylic acids is 1. The van der Waals surface area contributed by atoms with E-state index in [4.69, 9.17) is 0 Å². The Balaban J connectivity index is 1.22. The lowest BCUT2D eigenvalue weighted by Crippen LogP contribution is -2.43. The van der Waals surface area contributed by atoms with Crippen LogP contribution in [0.25, 0.3) is 0 Å². The van der Waals surface area contributed by atoms with Gasteiger partial charge < -0.3 is 10.2 Å². The monoisotopic (exact) mass is 419 g/mol. The molecule has 2 aliphatic rings. The number of hydrogen-bond donors (Lipinski definition) is 1. The zero-order valence-electron chi connectivity index (χ0n) is 19.1. The molecule has 0 radical (unpaired) electrons. The van der Waals surface area contributed by atoms with Gasteiger partial charge in [-0.05, 0) is 73.9 Å². The van der Waals surface area contributed by atoms with E-state index in [0.29, 0.717) is 12.5 Å². The smallest absolute Gasteiger partial charge is 0.226 e. The van der Waals surface area contributed by atoms with Gasteiger partial charge in [0.05, 0.1) is 6.42 Å². The summed E-state index contributed by atoms with van der Waals surface area (Å²) in [5.74, 6) is 1.06. The van der Waals surface area contributed by atoms with Gasteiger partial charge in [0.2, 0.25) is 5.91 Å². The average Bonchev–Trinajstić information content (AvgIpc) is 2.76. The highest BCUT2D eigenvalue weighted by molar-refractivity contribution is 5.78. The predicted octanol–water partition coefficient (Wildman–Crippen LogP) is 4.87. The number of benzene rings is 2. The summed E-state index contributed by atoms with van der Waals surface area (Å²) < 4.78 is 0. The van der Waals surface area contributed by atoms with E-state index in [-0.39, 0.29) is 5.91 Å². The van der Waals surface area contributed by atoms with Crippen LogP contribution >= 0.6 is 0 Å². The third-order valence-corrected chi connectivity index (χ3v) is 6.76. The first-order chi connectivity index (χ1) is 15.0. The quantitative estimate of drug-likeness (QED) is 0.725. The standard InChI is InChI=1S/C27H37N3O/c1-21-5-3-7-26(17-21)28-25-12-15-30(16-13-25)27(31)18-23-8-10-24(11-9-23)20-29-14-4-6-22(2)19-29/h3,5,7-11,17,22,25,28H,4,6,12-16,18-20H2,1-2H3/t22-/m1/s1. The molecule has 0 bridgehead atoms. The largest absolute Gasteiger partial charge is 0.382 e. The lowest BCUT2D eigenvalue weighted by Gasteiger charge is -2.33. The van der Waals surface area contributed by atoms with Crippen LogP contribution in [-0.2, 0) is 17.8 Å². The summed E-state index contributed by atoms with van der Waals surface area (Å²) in [5.41, 5.74) is 4.94. The van der Waals surface area contributed by atoms with E-state index >= 15 is 0 Å². The van der Waals surface area contributed by atoms with Crippen LogP contribution in [0.1, 0.15) is 49.3 Å². The van der Waals surface area contributed by atoms with Gasteiger partial charge in [0.15, 0.2) is 0 Å². The van der Waals surface area contributed by atoms with Crippen LogP contribution in [0.15, 0.2) is 48.5 Å². The molecule has 0 aliphatic carbocycles. The molecular weight excluding hydrogens is 382 g/mol. The molecule has 2 heterocycles. The van der Waals surface area contributed by atoms with Crippen molar-refractivity contribution >= 4 is 11.6 Å². The van der Waals surface area contributed by atoms with Gasteiger partial charge in [0.25, 0.3) is 0 Å². The van der Waals surface area contributed by atoms with Gasteiger partial charge in [-0.2, -0.15) is 0 Å². The lowest BCUT2D eigenvalue weighted by atomic mass is 9.99. The third kappa shape index (κ3) is 6.33. The van der Waals surface area contributed by atoms with Gasteiger partial charge in [-0.15, -0.1) is 0 Å². The minimum atomic E-state index is 0.256. The normalized spacial score (nSPS) is 20.6. The topological polar surface area (TPSA) is 35.6 Å². The number of aryl methyl sites for hydroxylation is 1. The summed E-state index contributed by atoms with van der Waals surface area (Å²) >= 11 is 0. The first kappa shape index (κ1) is 21.9. The summed E-state index contributed by atoms with van der Waals surface area (Å²) in [6.45, 7) is 9.59. The summed E-state index contributed by atoms with van der Waals surface area (Å²) in [6, 6.07) is 17.7. The fourth-order valence-electron chi connectivity index (χ4n) is 4.98. The number of piperidine rings is 2. The molecule has 166 valence electrons. The van der Waals surface area contributed by atoms with Crippen molar-refractivity contribution in [1.29, 1.82) is 0 Å². The van der Waals surface area contributed by atoms with E-state index in [1.54, 1.807) is 0 Å². The summed E-state index contributed by atoms with van der Waals surface area (Å²) in [7, 11) is 0. The van der Waals surface area contributed by atoms with Gasteiger partial charge in [-0.1, -0.05) is 43.3 Å². The number of amides is 1. The highest BCUT2D eigenvalue weighted by atomic mass is 16.2. The molecule has 4 rings (SSSR count). The van der Waals surface area contributed by atoms with Crippen molar-refractivity contribution in [2.24, 2.45) is 5.92 Å². The Labute approximate surface area is 187 Å². The molecule has 2 fully saturated rings. The molecule has 0 unspecified atom stereocenters. The number of nitrogens with one attached hydrogen (secondary N) is 1. The molecule has 2 aromatic carbocycles. The molecular formula is C27H37N3O. The fourth-order valence-corrected chi connectivity index (χ4v) is 4.98. The molecule has 31 heavy (non-hydrogen) atoms. The van der Waals surface area contributed by atoms with Crippen LogP contribution in [0.4, 0.5) is 5.69 Å². The highest BCUT2D eigenvalue weighted by Gasteiger charge is 2.23. The second-order valence-corrected chi connectivity index (χ2v) is 9.64. The Hall–Kier alpha value is -2.33. The maximum absolute atomic E-state index is 12.8. The number of likely N-dealkylation sites (tertiary alicyclic amines) is 2. The van der Waals surface area contributed by atoms with Gasteiger partial charge in [0.1, 0.15) is 0 Å². The van der Waals surface area contributed by atoms with Crippen LogP contribution in [0, 0.1) is 12.8 Å². The summed E-state index contributed by atoms with van der Waals surface area (Å²) in [4.78, 5) is 17.4. The average molecular weight is 420 g/mol. The van der Waals surface area contributed by atoms with E-state index in [1.807, 2.05) is 4.90 Å². The Morgan fingerprint density at radius 2 is 1.74 bits per heavy atom. The summed E-state index contributed by atoms with van der Waals surface area (Å²) in [5, 5.41) is 3.63. The Bertz CT molecular complexity index is 855. The number of anilines is 1. The number of rotatable bonds is 6. The Kier molecular flexibility index (Phi) is 7.29. The third-order valence-electron chi connectivity index (χ3n) is 6.76. The zero-order chi connectivity index (χ0) is 21.6. The first-order valence-corrected chi connectivity index (χ1v) is 12.0. The molecule has 1 N–H and O–H groups in total. The summed E-state index contributed by atoms with van der Waals surface area (Å²) in [6.07, 6.45) is 5.19. The van der Waals surface area contributed by atoms with Crippen LogP contribution in [0.3, 0.4) is 0 Å². The van der Waals surface area contributed by atoms with Crippen LogP contribution in [0.5, 0.6) is 0 Å². The van der Waals surface area contributed by atoms with Gasteiger partial charge in [-0.3, -0.25) is 9.69 Å². The van der Waals surface area contributed by atoms with Crippen LogP contribution in [-0.4, -0.2) is 47.9 Å². The highest BCUT2D eigenvalue weighted by Crippen LogP contribution is 2.20. The number of carbonyl (C=O) groups is 1. The van der Waals surface area contributed by atoms with Gasteiger partial charge in [0, 0.05) is 37.9 Å². The van der Waals surface area contributed by atoms with Crippen molar-refractivity contribution in [2.45, 2.75) is 58.5 Å². The van der Waals surface area contributed by atoms with Crippen molar-refractivity contribution in [2.75, 3.05) is 31.5 Å². The van der Waals surface area contributed by atoms with Crippen LogP contribution in [0.2, 0.25) is 0 Å². The molecule has 0 saturated carbocycles. The van der Waals surface area contributed by atoms with E-state index in [9.17, 15) is 4.79 Å². The lowest BCUT2D eigenvalue weighted by molar-refractivity contribution is -0.131. The minimum absolute atomic E-state index is 0.256. The molecule has 1 atom stereocenters. The molecule has 1 amide bonds. The zero-order valence-corrected chi connectivity index (χ0v) is 19.1. The van der Waals surface area contributed by atoms with E-state index in [0.717, 1.165) is 44.0 Å². The maximum Gasteiger partial charge on any atom is 0.226 e. The van der Waals surface area contributed by atoms with Crippen molar-refractivity contribution in [3.8, 4) is 0 Å². The first-order valence-electron chi connectivity index (χ1n) is 12.0. The Morgan fingerprint density at radius 3 is 2.45 bits per heavy atom. The van der Waals surface area contributed by atoms with E-state index in [2.05, 4.69) is 72.6 Å². The number of hydrogen-bond acceptors (Lipinski definition) is 3. The van der Waals surface area contributed by atoms with Crippen molar-refractivity contribution in [3.05, 3.63) is 65.2 Å². The van der Waals surface area contributed by atoms with Crippen molar-refractivity contribution < 1.29 is 4.79 Å². The van der Waals surface area contributed by atoms with E-state index in [1.165, 1.54) is 42.7 Å². The molecule has 2 saturated heterocycles. The van der Waals surface area contributed by atoms with Gasteiger partial charge in [-0.25, -0.2) is 0 Å². The molecule has 4 heteroatoms. The molecule has 2 aliphatic heterocycles. The minimum Gasteiger partial charge on any atom is -0.382 e. The van der Waals surface area contributed by atoms with Crippen molar-refractivity contribution in [3.63, 3.8) is 0 Å². The van der Waals surface area contributed by atoms with Gasteiger partial charge >= 0.3 is 0 Å². The van der Waals surface area contributed by atoms with E-state index < -0.39 is 0 Å². The van der Waals surface area contributed by atoms with Crippen molar-refractivity contribution in [1.82, 2.24) is 9.80 Å².